The third-order valence-electron chi connectivity index (χ3n) is 4.18. The Bertz CT molecular complexity index is 1100. The molecule has 1 aromatic heterocycles. The fourth-order valence-electron chi connectivity index (χ4n) is 2.91. The Morgan fingerprint density at radius 3 is 2.33 bits per heavy atom. The highest BCUT2D eigenvalue weighted by molar-refractivity contribution is 9.10. The smallest absolute Gasteiger partial charge is 0.323 e. The Kier molecular flexibility index (Phi) is 4.64. The number of carbonyl (C=O) groups is 1. The van der Waals surface area contributed by atoms with Gasteiger partial charge in [0, 0.05) is 26.6 Å². The van der Waals surface area contributed by atoms with E-state index in [1.165, 1.54) is 12.1 Å². The van der Waals surface area contributed by atoms with Crippen molar-refractivity contribution in [1.29, 1.82) is 0 Å². The minimum Gasteiger partial charge on any atom is -0.353 e. The van der Waals surface area contributed by atoms with Gasteiger partial charge in [-0.2, -0.15) is 0 Å². The van der Waals surface area contributed by atoms with Gasteiger partial charge in [-0.3, -0.25) is 0 Å². The van der Waals surface area contributed by atoms with Gasteiger partial charge in [-0.05, 0) is 54.6 Å². The molecule has 0 spiro atoms. The van der Waals surface area contributed by atoms with Gasteiger partial charge >= 0.3 is 6.03 Å². The summed E-state index contributed by atoms with van der Waals surface area (Å²) >= 11 is 3.37. The number of anilines is 2. The molecule has 0 saturated heterocycles. The minimum atomic E-state index is -0.356. The van der Waals surface area contributed by atoms with E-state index in [4.69, 9.17) is 0 Å². The number of H-pyrrole nitrogens is 1. The number of carbonyl (C=O) groups excluding carboxylic acids is 1. The molecule has 0 aliphatic heterocycles. The number of aromatic amines is 1. The highest BCUT2D eigenvalue weighted by Gasteiger charge is 2.15. The number of amides is 2. The van der Waals surface area contributed by atoms with Gasteiger partial charge < -0.3 is 15.6 Å². The van der Waals surface area contributed by atoms with E-state index in [-0.39, 0.29) is 11.8 Å². The molecule has 0 aliphatic rings. The lowest BCUT2D eigenvalue weighted by atomic mass is 10.1. The summed E-state index contributed by atoms with van der Waals surface area (Å²) in [4.78, 5) is 15.8. The van der Waals surface area contributed by atoms with Crippen LogP contribution in [0.5, 0.6) is 0 Å². The van der Waals surface area contributed by atoms with Crippen molar-refractivity contribution in [2.24, 2.45) is 0 Å². The second-order valence-electron chi connectivity index (χ2n) is 6.01. The van der Waals surface area contributed by atoms with E-state index in [9.17, 15) is 9.18 Å². The molecular weight excluding hydrogens is 409 g/mol. The topological polar surface area (TPSA) is 56.9 Å². The summed E-state index contributed by atoms with van der Waals surface area (Å²) in [7, 11) is 0. The zero-order valence-corrected chi connectivity index (χ0v) is 15.7. The van der Waals surface area contributed by atoms with Crippen molar-refractivity contribution in [2.75, 3.05) is 10.6 Å². The Morgan fingerprint density at radius 2 is 1.59 bits per heavy atom. The first kappa shape index (κ1) is 17.3. The minimum absolute atomic E-state index is 0.308. The number of rotatable bonds is 3. The Labute approximate surface area is 163 Å². The molecule has 0 radical (unpaired) electrons. The van der Waals surface area contributed by atoms with Crippen LogP contribution in [-0.4, -0.2) is 11.0 Å². The first-order chi connectivity index (χ1) is 13.1. The van der Waals surface area contributed by atoms with E-state index >= 15 is 0 Å². The predicted molar refractivity (Wildman–Crippen MR) is 110 cm³/mol. The first-order valence-electron chi connectivity index (χ1n) is 8.30. The number of hydrogen-bond donors (Lipinski definition) is 3. The molecule has 134 valence electrons. The molecule has 3 N–H and O–H groups in total. The molecule has 4 rings (SSSR count). The van der Waals surface area contributed by atoms with E-state index < -0.39 is 0 Å². The zero-order chi connectivity index (χ0) is 18.8. The van der Waals surface area contributed by atoms with E-state index in [0.717, 1.165) is 26.6 Å². The standard InChI is InChI=1S/C21H15BrFN3O/c22-14-7-11-16(12-8-14)24-21(27)26-20-17-3-1-2-4-18(17)25-19(20)13-5-9-15(23)10-6-13/h1-12,25H,(H2,24,26,27). The van der Waals surface area contributed by atoms with Crippen molar-refractivity contribution in [3.05, 3.63) is 83.1 Å². The second-order valence-corrected chi connectivity index (χ2v) is 6.93. The molecule has 0 fully saturated rings. The van der Waals surface area contributed by atoms with Gasteiger partial charge in [-0.25, -0.2) is 9.18 Å². The van der Waals surface area contributed by atoms with E-state index in [2.05, 4.69) is 31.5 Å². The molecule has 4 nitrogen and oxygen atoms in total. The number of para-hydroxylation sites is 1. The summed E-state index contributed by atoms with van der Waals surface area (Å²) in [5.41, 5.74) is 3.72. The molecule has 3 aromatic carbocycles. The fourth-order valence-corrected chi connectivity index (χ4v) is 3.18. The van der Waals surface area contributed by atoms with Crippen molar-refractivity contribution in [1.82, 2.24) is 4.98 Å². The van der Waals surface area contributed by atoms with E-state index in [1.54, 1.807) is 24.3 Å². The summed E-state index contributed by atoms with van der Waals surface area (Å²) in [6.45, 7) is 0. The number of hydrogen-bond acceptors (Lipinski definition) is 1. The molecule has 4 aromatic rings. The molecule has 1 heterocycles. The number of benzene rings is 3. The SMILES string of the molecule is O=C(Nc1ccc(Br)cc1)Nc1c(-c2ccc(F)cc2)[nH]c2ccccc12. The molecule has 0 bridgehead atoms. The van der Waals surface area contributed by atoms with Gasteiger partial charge in [0.25, 0.3) is 0 Å². The van der Waals surface area contributed by atoms with Crippen LogP contribution in [0.15, 0.2) is 77.3 Å². The Morgan fingerprint density at radius 1 is 0.889 bits per heavy atom. The van der Waals surface area contributed by atoms with Crippen LogP contribution in [0.1, 0.15) is 0 Å². The van der Waals surface area contributed by atoms with Crippen molar-refractivity contribution in [3.8, 4) is 11.3 Å². The third-order valence-corrected chi connectivity index (χ3v) is 4.71. The van der Waals surface area contributed by atoms with E-state index in [0.29, 0.717) is 11.4 Å². The second kappa shape index (κ2) is 7.25. The predicted octanol–water partition coefficient (Wildman–Crippen LogP) is 6.38. The van der Waals surface area contributed by atoms with Crippen LogP contribution < -0.4 is 10.6 Å². The van der Waals surface area contributed by atoms with Gasteiger partial charge in [-0.1, -0.05) is 34.1 Å². The Balaban J connectivity index is 1.69. The van der Waals surface area contributed by atoms with Crippen molar-refractivity contribution < 1.29 is 9.18 Å². The van der Waals surface area contributed by atoms with Crippen LogP contribution in [0.3, 0.4) is 0 Å². The molecule has 2 amide bonds. The average molecular weight is 424 g/mol. The Hall–Kier alpha value is -3.12. The van der Waals surface area contributed by atoms with Crippen molar-refractivity contribution in [3.63, 3.8) is 0 Å². The van der Waals surface area contributed by atoms with Gasteiger partial charge in [0.2, 0.25) is 0 Å². The van der Waals surface area contributed by atoms with Crippen LogP contribution in [-0.2, 0) is 0 Å². The quantitative estimate of drug-likeness (QED) is 0.351. The fraction of sp³-hybridized carbons (Fsp3) is 0. The van der Waals surface area contributed by atoms with Gasteiger partial charge in [-0.15, -0.1) is 0 Å². The molecule has 0 saturated carbocycles. The highest BCUT2D eigenvalue weighted by atomic mass is 79.9. The maximum Gasteiger partial charge on any atom is 0.323 e. The molecule has 0 aliphatic carbocycles. The number of nitrogens with one attached hydrogen (secondary N) is 3. The van der Waals surface area contributed by atoms with Crippen molar-refractivity contribution >= 4 is 44.2 Å². The van der Waals surface area contributed by atoms with Crippen molar-refractivity contribution in [2.45, 2.75) is 0 Å². The monoisotopic (exact) mass is 423 g/mol. The van der Waals surface area contributed by atoms with Crippen LogP contribution in [0, 0.1) is 5.82 Å². The lowest BCUT2D eigenvalue weighted by Gasteiger charge is -2.10. The maximum absolute atomic E-state index is 13.3. The van der Waals surface area contributed by atoms with Gasteiger partial charge in [0.05, 0.1) is 11.4 Å². The third kappa shape index (κ3) is 3.71. The number of urea groups is 1. The van der Waals surface area contributed by atoms with Crippen LogP contribution in [0.25, 0.3) is 22.2 Å². The average Bonchev–Trinajstić information content (AvgIpc) is 3.03. The number of fused-ring (bicyclic) bond motifs is 1. The summed E-state index contributed by atoms with van der Waals surface area (Å²) in [6, 6.07) is 20.8. The maximum atomic E-state index is 13.3. The first-order valence-corrected chi connectivity index (χ1v) is 9.10. The molecular formula is C21H15BrFN3O. The van der Waals surface area contributed by atoms with Crippen LogP contribution in [0.4, 0.5) is 20.6 Å². The highest BCUT2D eigenvalue weighted by Crippen LogP contribution is 2.35. The molecule has 6 heteroatoms. The molecule has 0 atom stereocenters. The number of aromatic nitrogens is 1. The summed E-state index contributed by atoms with van der Waals surface area (Å²) in [6.07, 6.45) is 0. The van der Waals surface area contributed by atoms with Crippen LogP contribution in [0.2, 0.25) is 0 Å². The van der Waals surface area contributed by atoms with E-state index in [1.807, 2.05) is 36.4 Å². The van der Waals surface area contributed by atoms with Crippen LogP contribution >= 0.6 is 15.9 Å². The summed E-state index contributed by atoms with van der Waals surface area (Å²) in [5, 5.41) is 6.62. The molecule has 0 unspecified atom stereocenters. The molecule has 27 heavy (non-hydrogen) atoms. The van der Waals surface area contributed by atoms with Gasteiger partial charge in [0.15, 0.2) is 0 Å². The number of halogens is 2. The van der Waals surface area contributed by atoms with Gasteiger partial charge in [0.1, 0.15) is 5.82 Å². The normalized spacial score (nSPS) is 10.7. The lowest BCUT2D eigenvalue weighted by Crippen LogP contribution is -2.19. The zero-order valence-electron chi connectivity index (χ0n) is 14.1. The largest absolute Gasteiger partial charge is 0.353 e. The summed E-state index contributed by atoms with van der Waals surface area (Å²) in [5.74, 6) is -0.308. The summed E-state index contributed by atoms with van der Waals surface area (Å²) < 4.78 is 14.2. The lowest BCUT2D eigenvalue weighted by molar-refractivity contribution is 0.262.